The Morgan fingerprint density at radius 2 is 1.83 bits per heavy atom. The summed E-state index contributed by atoms with van der Waals surface area (Å²) in [5, 5.41) is 16.5. The van der Waals surface area contributed by atoms with Gasteiger partial charge in [0, 0.05) is 12.0 Å². The first kappa shape index (κ1) is 19.8. The maximum atomic E-state index is 5.38. The van der Waals surface area contributed by atoms with Crippen LogP contribution in [0.2, 0.25) is 0 Å². The molecule has 0 aliphatic rings. The molecule has 30 heavy (non-hydrogen) atoms. The number of aromatic nitrogens is 5. The van der Waals surface area contributed by atoms with E-state index in [0.717, 1.165) is 39.8 Å². The summed E-state index contributed by atoms with van der Waals surface area (Å²) in [5.74, 6) is 1.55. The van der Waals surface area contributed by atoms with Crippen LogP contribution in [0.15, 0.2) is 59.7 Å². The topological polar surface area (TPSA) is 73.0 Å². The number of benzene rings is 2. The minimum absolute atomic E-state index is 0.445. The lowest BCUT2D eigenvalue weighted by atomic mass is 10.1. The summed E-state index contributed by atoms with van der Waals surface area (Å²) in [6, 6.07) is 17.9. The van der Waals surface area contributed by atoms with Crippen molar-refractivity contribution < 1.29 is 4.74 Å². The lowest BCUT2D eigenvalue weighted by Gasteiger charge is -2.04. The number of nitrogens with one attached hydrogen (secondary N) is 1. The lowest BCUT2D eigenvalue weighted by molar-refractivity contribution is 0.414. The molecule has 4 rings (SSSR count). The van der Waals surface area contributed by atoms with Crippen LogP contribution in [-0.2, 0) is 6.42 Å². The van der Waals surface area contributed by atoms with E-state index >= 15 is 0 Å². The zero-order valence-corrected chi connectivity index (χ0v) is 17.8. The van der Waals surface area contributed by atoms with Crippen molar-refractivity contribution in [2.45, 2.75) is 20.3 Å². The molecule has 0 fully saturated rings. The van der Waals surface area contributed by atoms with E-state index < -0.39 is 0 Å². The highest BCUT2D eigenvalue weighted by molar-refractivity contribution is 7.71. The van der Waals surface area contributed by atoms with Gasteiger partial charge in [-0.1, -0.05) is 30.3 Å². The van der Waals surface area contributed by atoms with Crippen LogP contribution in [0.3, 0.4) is 0 Å². The number of aryl methyl sites for hydroxylation is 1. The number of methoxy groups -OCH3 is 1. The molecule has 0 aliphatic carbocycles. The van der Waals surface area contributed by atoms with Gasteiger partial charge in [0.05, 0.1) is 30.4 Å². The quantitative estimate of drug-likeness (QED) is 0.376. The van der Waals surface area contributed by atoms with Gasteiger partial charge in [-0.15, -0.1) is 0 Å². The molecule has 0 atom stereocenters. The Hall–Kier alpha value is -3.52. The van der Waals surface area contributed by atoms with E-state index in [1.165, 1.54) is 0 Å². The second-order valence-corrected chi connectivity index (χ2v) is 7.24. The summed E-state index contributed by atoms with van der Waals surface area (Å²) in [7, 11) is 1.65. The van der Waals surface area contributed by atoms with E-state index in [9.17, 15) is 0 Å². The van der Waals surface area contributed by atoms with Gasteiger partial charge in [0.15, 0.2) is 5.82 Å². The number of ether oxygens (including phenoxy) is 1. The number of nitrogens with zero attached hydrogens (tertiary/aromatic N) is 5. The first-order valence-corrected chi connectivity index (χ1v) is 9.93. The fourth-order valence-electron chi connectivity index (χ4n) is 3.26. The van der Waals surface area contributed by atoms with Gasteiger partial charge >= 0.3 is 0 Å². The SMILES string of the molecule is COc1ccc(Cc2n[nH]c(=S)n2/N=C\c2c(C)nn(-c3ccccc3)c2C)cc1. The van der Waals surface area contributed by atoms with Crippen molar-refractivity contribution in [3.05, 3.63) is 87.7 Å². The average Bonchev–Trinajstić information content (AvgIpc) is 3.26. The van der Waals surface area contributed by atoms with Crippen LogP contribution in [0.5, 0.6) is 5.75 Å². The average molecular weight is 419 g/mol. The molecule has 1 N–H and O–H groups in total. The molecule has 2 aromatic heterocycles. The third-order valence-electron chi connectivity index (χ3n) is 4.89. The van der Waals surface area contributed by atoms with Crippen LogP contribution in [0.4, 0.5) is 0 Å². The zero-order chi connectivity index (χ0) is 21.1. The second kappa shape index (κ2) is 8.46. The normalized spacial score (nSPS) is 11.3. The molecule has 0 bridgehead atoms. The van der Waals surface area contributed by atoms with E-state index in [0.29, 0.717) is 11.2 Å². The Balaban J connectivity index is 1.63. The largest absolute Gasteiger partial charge is 0.497 e. The third kappa shape index (κ3) is 3.95. The lowest BCUT2D eigenvalue weighted by Crippen LogP contribution is -2.01. The maximum Gasteiger partial charge on any atom is 0.216 e. The van der Waals surface area contributed by atoms with Crippen molar-refractivity contribution in [2.75, 3.05) is 7.11 Å². The Bertz CT molecular complexity index is 1240. The van der Waals surface area contributed by atoms with Gasteiger partial charge in [-0.05, 0) is 55.9 Å². The molecule has 0 unspecified atom stereocenters. The fourth-order valence-corrected chi connectivity index (χ4v) is 3.46. The molecule has 2 heterocycles. The van der Waals surface area contributed by atoms with Crippen LogP contribution in [0.25, 0.3) is 5.69 Å². The van der Waals surface area contributed by atoms with Crippen molar-refractivity contribution in [2.24, 2.45) is 5.10 Å². The molecule has 0 amide bonds. The van der Waals surface area contributed by atoms with Gasteiger partial charge in [0.25, 0.3) is 0 Å². The highest BCUT2D eigenvalue weighted by Crippen LogP contribution is 2.17. The van der Waals surface area contributed by atoms with Gasteiger partial charge in [-0.2, -0.15) is 20.0 Å². The molecule has 0 aliphatic heterocycles. The van der Waals surface area contributed by atoms with E-state index in [1.54, 1.807) is 18.0 Å². The summed E-state index contributed by atoms with van der Waals surface area (Å²) in [6.45, 7) is 4.00. The van der Waals surface area contributed by atoms with Gasteiger partial charge in [0.2, 0.25) is 4.77 Å². The van der Waals surface area contributed by atoms with Crippen LogP contribution in [0, 0.1) is 18.6 Å². The number of para-hydroxylation sites is 1. The standard InChI is InChI=1S/C22H22N6OS/c1-15-20(16(2)27(26-15)18-7-5-4-6-8-18)14-23-28-21(24-25-22(28)30)13-17-9-11-19(29-3)12-10-17/h4-12,14H,13H2,1-3H3,(H,25,30)/b23-14-. The molecule has 2 aromatic carbocycles. The molecule has 7 nitrogen and oxygen atoms in total. The van der Waals surface area contributed by atoms with E-state index in [2.05, 4.69) is 20.4 Å². The minimum atomic E-state index is 0.445. The monoisotopic (exact) mass is 418 g/mol. The number of H-pyrrole nitrogens is 1. The molecule has 4 aromatic rings. The van der Waals surface area contributed by atoms with Crippen LogP contribution in [-0.4, -0.2) is 38.0 Å². The van der Waals surface area contributed by atoms with Crippen molar-refractivity contribution in [1.29, 1.82) is 0 Å². The minimum Gasteiger partial charge on any atom is -0.497 e. The molecule has 0 spiro atoms. The molecule has 0 saturated heterocycles. The third-order valence-corrected chi connectivity index (χ3v) is 5.15. The molecule has 152 valence electrons. The highest BCUT2D eigenvalue weighted by Gasteiger charge is 2.12. The van der Waals surface area contributed by atoms with Crippen LogP contribution in [0.1, 0.15) is 28.3 Å². The smallest absolute Gasteiger partial charge is 0.216 e. The first-order chi connectivity index (χ1) is 14.6. The van der Waals surface area contributed by atoms with Crippen molar-refractivity contribution in [1.82, 2.24) is 24.7 Å². The van der Waals surface area contributed by atoms with E-state index in [-0.39, 0.29) is 0 Å². The Labute approximate surface area is 179 Å². The number of aromatic amines is 1. The second-order valence-electron chi connectivity index (χ2n) is 6.86. The summed E-state index contributed by atoms with van der Waals surface area (Å²) >= 11 is 5.38. The van der Waals surface area contributed by atoms with Crippen molar-refractivity contribution in [3.63, 3.8) is 0 Å². The summed E-state index contributed by atoms with van der Waals surface area (Å²) in [4.78, 5) is 0. The van der Waals surface area contributed by atoms with Gasteiger partial charge < -0.3 is 4.74 Å². The molecule has 0 radical (unpaired) electrons. The summed E-state index contributed by atoms with van der Waals surface area (Å²) < 4.78 is 9.23. The Kier molecular flexibility index (Phi) is 5.58. The molecule has 0 saturated carbocycles. The van der Waals surface area contributed by atoms with Gasteiger partial charge in [-0.3, -0.25) is 5.10 Å². The number of hydrogen-bond donors (Lipinski definition) is 1. The van der Waals surface area contributed by atoms with Crippen molar-refractivity contribution >= 4 is 18.4 Å². The van der Waals surface area contributed by atoms with E-state index in [1.807, 2.05) is 73.1 Å². The molecular weight excluding hydrogens is 396 g/mol. The van der Waals surface area contributed by atoms with Gasteiger partial charge in [0.1, 0.15) is 5.75 Å². The Morgan fingerprint density at radius 3 is 2.53 bits per heavy atom. The maximum absolute atomic E-state index is 5.38. The van der Waals surface area contributed by atoms with E-state index in [4.69, 9.17) is 17.0 Å². The zero-order valence-electron chi connectivity index (χ0n) is 17.0. The molecule has 8 heteroatoms. The number of rotatable bonds is 6. The first-order valence-electron chi connectivity index (χ1n) is 9.52. The molecular formula is C22H22N6OS. The fraction of sp³-hybridized carbons (Fsp3) is 0.182. The van der Waals surface area contributed by atoms with Crippen molar-refractivity contribution in [3.8, 4) is 11.4 Å². The van der Waals surface area contributed by atoms with Crippen LogP contribution >= 0.6 is 12.2 Å². The van der Waals surface area contributed by atoms with Gasteiger partial charge in [-0.25, -0.2) is 4.68 Å². The Morgan fingerprint density at radius 1 is 1.10 bits per heavy atom. The van der Waals surface area contributed by atoms with Crippen LogP contribution < -0.4 is 4.74 Å². The number of hydrogen-bond acceptors (Lipinski definition) is 5. The predicted octanol–water partition coefficient (Wildman–Crippen LogP) is 4.22. The summed E-state index contributed by atoms with van der Waals surface area (Å²) in [6.07, 6.45) is 2.38. The predicted molar refractivity (Wildman–Crippen MR) is 119 cm³/mol. The highest BCUT2D eigenvalue weighted by atomic mass is 32.1. The summed E-state index contributed by atoms with van der Waals surface area (Å²) in [5.41, 5.74) is 4.96.